The molecule has 0 N–H and O–H groups in total. The van der Waals surface area contributed by atoms with E-state index >= 15 is 0 Å². The molecule has 3 rings (SSSR count). The molecule has 0 bridgehead atoms. The Morgan fingerprint density at radius 1 is 1.03 bits per heavy atom. The molecule has 0 saturated heterocycles. The zero-order valence-electron chi connectivity index (χ0n) is 16.6. The maximum atomic E-state index is 11.3. The van der Waals surface area contributed by atoms with E-state index in [1.807, 2.05) is 0 Å². The fourth-order valence-electron chi connectivity index (χ4n) is 2.23. The summed E-state index contributed by atoms with van der Waals surface area (Å²) >= 11 is 11.6. The molecule has 0 aliphatic carbocycles. The lowest BCUT2D eigenvalue weighted by Gasteiger charge is -2.07. The average molecular weight is 469 g/mol. The van der Waals surface area contributed by atoms with Crippen LogP contribution >= 0.6 is 23.2 Å². The van der Waals surface area contributed by atoms with Crippen molar-refractivity contribution < 1.29 is 33.0 Å². The van der Waals surface area contributed by atoms with Crippen LogP contribution in [0.25, 0.3) is 11.0 Å². The van der Waals surface area contributed by atoms with E-state index in [0.29, 0.717) is 28.9 Å². The number of aromatic nitrogens is 2. The molecule has 0 saturated carbocycles. The third kappa shape index (κ3) is 6.66. The van der Waals surface area contributed by atoms with Crippen LogP contribution in [0.1, 0.15) is 34.8 Å². The summed E-state index contributed by atoms with van der Waals surface area (Å²) in [4.78, 5) is 40.7. The van der Waals surface area contributed by atoms with Crippen molar-refractivity contribution in [2.45, 2.75) is 13.8 Å². The van der Waals surface area contributed by atoms with E-state index in [1.165, 1.54) is 24.8 Å². The molecule has 0 unspecified atom stereocenters. The number of halogens is 2. The van der Waals surface area contributed by atoms with Gasteiger partial charge >= 0.3 is 11.9 Å². The van der Waals surface area contributed by atoms with Gasteiger partial charge in [-0.1, -0.05) is 23.2 Å². The molecule has 0 radical (unpaired) electrons. The van der Waals surface area contributed by atoms with Crippen LogP contribution in [0.15, 0.2) is 35.3 Å². The molecule has 3 aromatic heterocycles. The number of carbonyl (C=O) groups excluding carboxylic acids is 3. The maximum Gasteiger partial charge on any atom is 0.374 e. The third-order valence-corrected chi connectivity index (χ3v) is 4.15. The minimum Gasteiger partial charge on any atom is -0.479 e. The predicted molar refractivity (Wildman–Crippen MR) is 112 cm³/mol. The smallest absolute Gasteiger partial charge is 0.374 e. The first kappa shape index (κ1) is 24.1. The van der Waals surface area contributed by atoms with Crippen LogP contribution in [0.4, 0.5) is 0 Å². The number of hydrogen-bond donors (Lipinski definition) is 0. The van der Waals surface area contributed by atoms with Gasteiger partial charge in [-0.25, -0.2) is 9.59 Å². The largest absolute Gasteiger partial charge is 0.479 e. The van der Waals surface area contributed by atoms with Crippen LogP contribution in [0, 0.1) is 0 Å². The third-order valence-electron chi connectivity index (χ3n) is 3.55. The predicted octanol–water partition coefficient (Wildman–Crippen LogP) is 4.15. The number of esters is 2. The lowest BCUT2D eigenvalue weighted by atomic mass is 10.3. The first-order chi connectivity index (χ1) is 14.9. The first-order valence-corrected chi connectivity index (χ1v) is 9.74. The zero-order chi connectivity index (χ0) is 22.8. The second-order valence-electron chi connectivity index (χ2n) is 5.61. The van der Waals surface area contributed by atoms with Crippen molar-refractivity contribution in [2.24, 2.45) is 0 Å². The van der Waals surface area contributed by atoms with E-state index in [2.05, 4.69) is 14.7 Å². The highest BCUT2D eigenvalue weighted by molar-refractivity contribution is 6.35. The fourth-order valence-corrected chi connectivity index (χ4v) is 2.62. The quantitative estimate of drug-likeness (QED) is 0.371. The second-order valence-corrected chi connectivity index (χ2v) is 6.42. The molecule has 0 amide bonds. The van der Waals surface area contributed by atoms with E-state index in [9.17, 15) is 14.4 Å². The van der Waals surface area contributed by atoms with Crippen LogP contribution in [0.5, 0.6) is 5.75 Å². The molecule has 0 atom stereocenters. The number of ether oxygens (including phenoxy) is 3. The van der Waals surface area contributed by atoms with Crippen molar-refractivity contribution in [1.82, 2.24) is 9.97 Å². The highest BCUT2D eigenvalue weighted by Crippen LogP contribution is 2.25. The van der Waals surface area contributed by atoms with E-state index in [0.717, 1.165) is 0 Å². The Morgan fingerprint density at radius 3 is 2.35 bits per heavy atom. The lowest BCUT2D eigenvalue weighted by Crippen LogP contribution is -2.15. The van der Waals surface area contributed by atoms with Crippen molar-refractivity contribution in [3.63, 3.8) is 0 Å². The minimum absolute atomic E-state index is 0.141. The summed E-state index contributed by atoms with van der Waals surface area (Å²) in [5.74, 6) is -0.707. The molecule has 0 aliphatic rings. The summed E-state index contributed by atoms with van der Waals surface area (Å²) < 4.78 is 19.8. The highest BCUT2D eigenvalue weighted by Gasteiger charge is 2.14. The summed E-state index contributed by atoms with van der Waals surface area (Å²) in [6.07, 6.45) is 6.18. The Kier molecular flexibility index (Phi) is 9.23. The SMILES string of the molecule is CCOC(=O)COc1cncc(Cl)c1C=O.CCOC(=O)c1cc2c(Cl)cncc2o1. The van der Waals surface area contributed by atoms with Gasteiger partial charge in [-0.3, -0.25) is 14.8 Å². The van der Waals surface area contributed by atoms with Gasteiger partial charge in [-0.15, -0.1) is 0 Å². The number of carbonyl (C=O) groups is 3. The van der Waals surface area contributed by atoms with E-state index < -0.39 is 11.9 Å². The van der Waals surface area contributed by atoms with Gasteiger partial charge < -0.3 is 18.6 Å². The Labute approximate surface area is 187 Å². The van der Waals surface area contributed by atoms with Crippen LogP contribution in [-0.4, -0.2) is 48.0 Å². The zero-order valence-corrected chi connectivity index (χ0v) is 18.1. The van der Waals surface area contributed by atoms with Gasteiger partial charge in [-0.2, -0.15) is 0 Å². The monoisotopic (exact) mass is 468 g/mol. The summed E-state index contributed by atoms with van der Waals surface area (Å²) in [6.45, 7) is 3.72. The Bertz CT molecular complexity index is 1070. The molecule has 0 spiro atoms. The van der Waals surface area contributed by atoms with Crippen LogP contribution < -0.4 is 4.74 Å². The van der Waals surface area contributed by atoms with Crippen molar-refractivity contribution in [3.05, 3.63) is 52.2 Å². The number of nitrogens with zero attached hydrogens (tertiary/aromatic N) is 2. The first-order valence-electron chi connectivity index (χ1n) is 8.98. The molecule has 0 fully saturated rings. The van der Waals surface area contributed by atoms with E-state index in [-0.39, 0.29) is 35.3 Å². The number of pyridine rings is 2. The van der Waals surface area contributed by atoms with Crippen molar-refractivity contribution in [1.29, 1.82) is 0 Å². The topological polar surface area (TPSA) is 118 Å². The summed E-state index contributed by atoms with van der Waals surface area (Å²) in [5, 5.41) is 1.29. The number of fused-ring (bicyclic) bond motifs is 1. The van der Waals surface area contributed by atoms with Gasteiger partial charge in [0.25, 0.3) is 0 Å². The summed E-state index contributed by atoms with van der Waals surface area (Å²) in [5.41, 5.74) is 0.645. The van der Waals surface area contributed by atoms with Gasteiger partial charge in [0.2, 0.25) is 5.76 Å². The lowest BCUT2D eigenvalue weighted by molar-refractivity contribution is -0.145. The molecule has 0 aromatic carbocycles. The second kappa shape index (κ2) is 11.9. The average Bonchev–Trinajstić information content (AvgIpc) is 3.19. The molecule has 3 heterocycles. The highest BCUT2D eigenvalue weighted by atomic mass is 35.5. The molecule has 11 heteroatoms. The maximum absolute atomic E-state index is 11.3. The fraction of sp³-hybridized carbons (Fsp3) is 0.250. The molecule has 31 heavy (non-hydrogen) atoms. The van der Waals surface area contributed by atoms with Gasteiger partial charge in [-0.05, 0) is 13.8 Å². The van der Waals surface area contributed by atoms with Crippen molar-refractivity contribution in [3.8, 4) is 5.75 Å². The summed E-state index contributed by atoms with van der Waals surface area (Å²) in [6, 6.07) is 1.55. The molecular formula is C20H18Cl2N2O7. The van der Waals surface area contributed by atoms with E-state index in [1.54, 1.807) is 19.9 Å². The Morgan fingerprint density at radius 2 is 1.71 bits per heavy atom. The number of rotatable bonds is 7. The Hall–Kier alpha value is -3.17. The van der Waals surface area contributed by atoms with E-state index in [4.69, 9.17) is 37.1 Å². The number of hydrogen-bond acceptors (Lipinski definition) is 9. The van der Waals surface area contributed by atoms with Gasteiger partial charge in [0.05, 0.1) is 41.2 Å². The van der Waals surface area contributed by atoms with Crippen LogP contribution in [-0.2, 0) is 14.3 Å². The normalized spacial score (nSPS) is 10.1. The molecular weight excluding hydrogens is 451 g/mol. The van der Waals surface area contributed by atoms with Gasteiger partial charge in [0.1, 0.15) is 5.75 Å². The molecule has 3 aromatic rings. The number of furan rings is 1. The van der Waals surface area contributed by atoms with Crippen LogP contribution in [0.2, 0.25) is 10.0 Å². The van der Waals surface area contributed by atoms with Gasteiger partial charge in [0, 0.05) is 23.8 Å². The number of aldehydes is 1. The molecule has 9 nitrogen and oxygen atoms in total. The summed E-state index contributed by atoms with van der Waals surface area (Å²) in [7, 11) is 0. The van der Waals surface area contributed by atoms with Crippen LogP contribution in [0.3, 0.4) is 0 Å². The van der Waals surface area contributed by atoms with Gasteiger partial charge in [0.15, 0.2) is 18.5 Å². The minimum atomic E-state index is -0.515. The van der Waals surface area contributed by atoms with Crippen molar-refractivity contribution >= 4 is 52.4 Å². The molecule has 164 valence electrons. The standard InChI is InChI=1S/C10H10ClNO4.C10H8ClNO3/c1-2-15-10(14)6-16-9-4-12-3-8(11)7(9)5-13;1-2-14-10(13)8-3-6-7(11)4-12-5-9(6)15-8/h3-5H,2,6H2,1H3;3-5H,2H2,1H3. The molecule has 0 aliphatic heterocycles. The Balaban J connectivity index is 0.000000220. The van der Waals surface area contributed by atoms with Crippen molar-refractivity contribution in [2.75, 3.05) is 19.8 Å².